The van der Waals surface area contributed by atoms with E-state index in [9.17, 15) is 14.9 Å². The number of hydrogen-bond donors (Lipinski definition) is 1. The van der Waals surface area contributed by atoms with Crippen molar-refractivity contribution in [2.24, 2.45) is 0 Å². The Kier molecular flexibility index (Phi) is 12.8. The molecule has 1 spiro atoms. The number of nitrogens with zero attached hydrogens (tertiary/aromatic N) is 3. The summed E-state index contributed by atoms with van der Waals surface area (Å²) in [5.41, 5.74) is 1.79. The monoisotopic (exact) mass is 996 g/mol. The van der Waals surface area contributed by atoms with Crippen LogP contribution in [0.25, 0.3) is 0 Å². The lowest BCUT2D eigenvalue weighted by atomic mass is 9.71. The van der Waals surface area contributed by atoms with Crippen molar-refractivity contribution < 1.29 is 66.5 Å². The fourth-order valence-electron chi connectivity index (χ4n) is 11.2. The molecule has 10 rings (SSSR count). The highest BCUT2D eigenvalue weighted by atomic mass is 32.2. The van der Waals surface area contributed by atoms with Gasteiger partial charge in [0.15, 0.2) is 40.0 Å². The van der Waals surface area contributed by atoms with Gasteiger partial charge in [0.05, 0.1) is 49.7 Å². The zero-order valence-corrected chi connectivity index (χ0v) is 42.7. The predicted octanol–water partition coefficient (Wildman–Crippen LogP) is 7.76. The van der Waals surface area contributed by atoms with E-state index in [-0.39, 0.29) is 49.4 Å². The van der Waals surface area contributed by atoms with Crippen LogP contribution in [0, 0.1) is 25.2 Å². The fourth-order valence-corrected chi connectivity index (χ4v) is 12.9. The Balaban J connectivity index is 1.32. The molecule has 0 aromatic heterocycles. The zero-order chi connectivity index (χ0) is 51.1. The molecule has 7 aliphatic heterocycles. The minimum absolute atomic E-state index is 0.00985. The van der Waals surface area contributed by atoms with Crippen molar-refractivity contribution in [3.05, 3.63) is 75.4 Å². The third-order valence-corrected chi connectivity index (χ3v) is 15.1. The van der Waals surface area contributed by atoms with E-state index in [1.165, 1.54) is 25.8 Å². The van der Waals surface area contributed by atoms with Crippen molar-refractivity contribution >= 4 is 35.9 Å². The number of thioether (sulfide) groups is 1. The molecule has 0 saturated carbocycles. The highest BCUT2D eigenvalue weighted by Crippen LogP contribution is 2.65. The Morgan fingerprint density at radius 2 is 1.66 bits per heavy atom. The summed E-state index contributed by atoms with van der Waals surface area (Å²) in [6.07, 6.45) is 0.734. The molecule has 378 valence electrons. The maximum atomic E-state index is 15.3. The van der Waals surface area contributed by atoms with E-state index in [0.717, 1.165) is 11.1 Å². The number of nitrogens with one attached hydrogen (secondary N) is 1. The first kappa shape index (κ1) is 49.6. The Bertz CT molecular complexity index is 2780. The second-order valence-electron chi connectivity index (χ2n) is 20.4. The summed E-state index contributed by atoms with van der Waals surface area (Å²) in [4.78, 5) is 60.5. The molecule has 71 heavy (non-hydrogen) atoms. The normalized spacial score (nSPS) is 25.0. The van der Waals surface area contributed by atoms with Crippen molar-refractivity contribution in [2.45, 2.75) is 127 Å². The minimum Gasteiger partial charge on any atom is -0.493 e. The summed E-state index contributed by atoms with van der Waals surface area (Å²) in [5.74, 6) is 0.890. The second kappa shape index (κ2) is 18.4. The molecule has 3 aromatic rings. The standard InChI is InChI=1S/C52H60N4O14S/c1-13-16-63-44-36-29(17-25(2)41(44)62-12)18-31-32(21-53)55-33-22-64-47(58)52(30-20-34(61-11)35(19-28(30)14-15-54-52)68-49(60)70-51(8,9)10)23-71-46(40(55)39(36)56(31)48(59)69-50(5,6)7)38-37(33)45-43(65-24-66-45)26(3)42(38)67-27(4)57/h13,17,19-20,31-33,39-40,46,54H,1,14-16,18,22-24H2,2-12H3/t31-,32-,33-,39+,40?,46+,52+/m0/s1. The maximum Gasteiger partial charge on any atom is 0.514 e. The topological polar surface area (TPSA) is 203 Å². The molecule has 19 heteroatoms. The van der Waals surface area contributed by atoms with E-state index < -0.39 is 76.4 Å². The van der Waals surface area contributed by atoms with Gasteiger partial charge < -0.3 is 47.4 Å². The second-order valence-corrected chi connectivity index (χ2v) is 21.6. The molecular weight excluding hydrogens is 937 g/mol. The Labute approximate surface area is 417 Å². The van der Waals surface area contributed by atoms with Crippen LogP contribution in [0.5, 0.6) is 40.2 Å². The number of benzene rings is 3. The van der Waals surface area contributed by atoms with Crippen LogP contribution in [0.4, 0.5) is 9.59 Å². The van der Waals surface area contributed by atoms with E-state index in [4.69, 9.17) is 47.4 Å². The number of carbonyl (C=O) groups excluding carboxylic acids is 4. The summed E-state index contributed by atoms with van der Waals surface area (Å²) in [7, 11) is 2.99. The molecule has 4 bridgehead atoms. The minimum atomic E-state index is -1.55. The van der Waals surface area contributed by atoms with Gasteiger partial charge in [-0.2, -0.15) is 5.26 Å². The first-order chi connectivity index (χ1) is 33.7. The number of esters is 2. The van der Waals surface area contributed by atoms with Gasteiger partial charge in [0, 0.05) is 41.5 Å². The van der Waals surface area contributed by atoms with Crippen LogP contribution >= 0.6 is 11.8 Å². The number of carbonyl (C=O) groups is 4. The van der Waals surface area contributed by atoms with E-state index in [1.54, 1.807) is 78.7 Å². The van der Waals surface area contributed by atoms with Crippen molar-refractivity contribution in [3.63, 3.8) is 0 Å². The molecule has 1 unspecified atom stereocenters. The van der Waals surface area contributed by atoms with Gasteiger partial charge in [-0.05, 0) is 103 Å². The van der Waals surface area contributed by atoms with Crippen LogP contribution < -0.4 is 38.5 Å². The van der Waals surface area contributed by atoms with Gasteiger partial charge >= 0.3 is 24.2 Å². The molecule has 0 aliphatic carbocycles. The number of hydrogen-bond acceptors (Lipinski definition) is 18. The van der Waals surface area contributed by atoms with Gasteiger partial charge in [0.25, 0.3) is 0 Å². The van der Waals surface area contributed by atoms with Crippen LogP contribution in [0.15, 0.2) is 30.9 Å². The zero-order valence-electron chi connectivity index (χ0n) is 41.9. The lowest BCUT2D eigenvalue weighted by Crippen LogP contribution is -2.71. The van der Waals surface area contributed by atoms with Gasteiger partial charge in [-0.1, -0.05) is 18.7 Å². The molecule has 1 N–H and O–H groups in total. The SMILES string of the molecule is C=CCOc1c(OC)c(C)cc2c1[C@@H]1C3[C@@H]4SC[C@]5(NCCc6cc(OC(=O)OC(C)(C)C)c(OC)cc65)C(=O)OC[C@@H](c5c6c(c(C)c(OC(C)=O)c54)OCO6)N3[C@@H](C#N)[C@H](C2)N1C(=O)OC(C)(C)C. The molecule has 1 amide bonds. The summed E-state index contributed by atoms with van der Waals surface area (Å²) >= 11 is 1.37. The first-order valence-corrected chi connectivity index (χ1v) is 24.6. The van der Waals surface area contributed by atoms with E-state index in [2.05, 4.69) is 22.9 Å². The Morgan fingerprint density at radius 3 is 2.32 bits per heavy atom. The molecule has 2 fully saturated rings. The third kappa shape index (κ3) is 8.40. The molecule has 2 saturated heterocycles. The number of methoxy groups -OCH3 is 2. The van der Waals surface area contributed by atoms with Crippen LogP contribution in [-0.2, 0) is 42.2 Å². The number of fused-ring (bicyclic) bond motifs is 9. The van der Waals surface area contributed by atoms with Crippen LogP contribution in [0.1, 0.15) is 110 Å². The van der Waals surface area contributed by atoms with E-state index in [1.807, 2.05) is 13.0 Å². The van der Waals surface area contributed by atoms with Gasteiger partial charge in [0.1, 0.15) is 36.2 Å². The largest absolute Gasteiger partial charge is 0.514 e. The highest BCUT2D eigenvalue weighted by molar-refractivity contribution is 7.99. The molecule has 0 radical (unpaired) electrons. The first-order valence-electron chi connectivity index (χ1n) is 23.6. The summed E-state index contributed by atoms with van der Waals surface area (Å²) in [6.45, 7) is 19.5. The number of amides is 1. The maximum absolute atomic E-state index is 15.3. The molecule has 3 aromatic carbocycles. The van der Waals surface area contributed by atoms with Crippen LogP contribution in [0.2, 0.25) is 0 Å². The molecule has 18 nitrogen and oxygen atoms in total. The average Bonchev–Trinajstić information content (AvgIpc) is 3.79. The smallest absolute Gasteiger partial charge is 0.493 e. The number of piperazine rings is 1. The number of nitriles is 1. The van der Waals surface area contributed by atoms with Gasteiger partial charge in [0.2, 0.25) is 6.79 Å². The number of aryl methyl sites for hydroxylation is 1. The highest BCUT2D eigenvalue weighted by Gasteiger charge is 2.64. The van der Waals surface area contributed by atoms with Crippen molar-refractivity contribution in [3.8, 4) is 46.3 Å². The predicted molar refractivity (Wildman–Crippen MR) is 258 cm³/mol. The lowest BCUT2D eigenvalue weighted by molar-refractivity contribution is -0.157. The summed E-state index contributed by atoms with van der Waals surface area (Å²) < 4.78 is 61.2. The van der Waals surface area contributed by atoms with E-state index in [0.29, 0.717) is 69.3 Å². The van der Waals surface area contributed by atoms with Crippen molar-refractivity contribution in [1.29, 1.82) is 5.26 Å². The lowest BCUT2D eigenvalue weighted by Gasteiger charge is -2.62. The Hall–Kier alpha value is -6.36. The molecule has 7 heterocycles. The molecule has 7 atom stereocenters. The summed E-state index contributed by atoms with van der Waals surface area (Å²) in [6, 6.07) is 3.44. The quantitative estimate of drug-likeness (QED) is 0.0790. The third-order valence-electron chi connectivity index (χ3n) is 13.6. The Morgan fingerprint density at radius 1 is 0.930 bits per heavy atom. The van der Waals surface area contributed by atoms with Gasteiger partial charge in [-0.25, -0.2) is 14.4 Å². The van der Waals surface area contributed by atoms with Crippen molar-refractivity contribution in [2.75, 3.05) is 46.5 Å². The van der Waals surface area contributed by atoms with Gasteiger partial charge in [-0.3, -0.25) is 19.9 Å². The summed E-state index contributed by atoms with van der Waals surface area (Å²) in [5, 5.41) is 14.3. The number of ether oxygens (including phenoxy) is 10. The van der Waals surface area contributed by atoms with Gasteiger partial charge in [-0.15, -0.1) is 11.8 Å². The van der Waals surface area contributed by atoms with Crippen LogP contribution in [-0.4, -0.2) is 110 Å². The molecule has 7 aliphatic rings. The molecular formula is C52H60N4O14S. The van der Waals surface area contributed by atoms with E-state index >= 15 is 9.59 Å². The fraction of sp³-hybridized carbons (Fsp3) is 0.519. The average molecular weight is 997 g/mol. The van der Waals surface area contributed by atoms with Crippen LogP contribution in [0.3, 0.4) is 0 Å². The van der Waals surface area contributed by atoms with Crippen molar-refractivity contribution in [1.82, 2.24) is 15.1 Å². The number of rotatable bonds is 7.